The number of para-hydroxylation sites is 2. The molecule has 3 fully saturated rings. The lowest BCUT2D eigenvalue weighted by molar-refractivity contribution is 0.0937. The number of H-pyrrole nitrogens is 1. The van der Waals surface area contributed by atoms with Crippen LogP contribution in [0.4, 0.5) is 11.9 Å². The number of nitrogens with one attached hydrogen (secondary N) is 1. The highest BCUT2D eigenvalue weighted by molar-refractivity contribution is 5.76. The summed E-state index contributed by atoms with van der Waals surface area (Å²) in [5.74, 6) is 2.27. The number of piperidine rings is 2. The Morgan fingerprint density at radius 2 is 1.63 bits per heavy atom. The minimum Gasteiger partial charge on any atom is -0.368 e. The summed E-state index contributed by atoms with van der Waals surface area (Å²) in [4.78, 5) is 14.4. The van der Waals surface area contributed by atoms with E-state index in [1.54, 1.807) is 0 Å². The smallest absolute Gasteiger partial charge is 0.246 e. The highest BCUT2D eigenvalue weighted by atomic mass is 15.4. The fourth-order valence-electron chi connectivity index (χ4n) is 7.81. The molecule has 8 nitrogen and oxygen atoms in total. The number of nitrogens with two attached hydrogens (primary N) is 1. The molecule has 0 saturated carbocycles. The largest absolute Gasteiger partial charge is 0.368 e. The average Bonchev–Trinajstić information content (AvgIpc) is 3.60. The third-order valence-corrected chi connectivity index (χ3v) is 9.73. The van der Waals surface area contributed by atoms with Crippen LogP contribution in [0.2, 0.25) is 0 Å². The summed E-state index contributed by atoms with van der Waals surface area (Å²) in [5, 5.41) is 7.10. The molecule has 5 heterocycles. The quantitative estimate of drug-likeness (QED) is 0.386. The molecule has 38 heavy (non-hydrogen) atoms. The van der Waals surface area contributed by atoms with Gasteiger partial charge in [0.1, 0.15) is 5.82 Å². The summed E-state index contributed by atoms with van der Waals surface area (Å²) in [7, 11) is 0. The number of rotatable bonds is 6. The number of fused-ring (bicyclic) bond motifs is 3. The number of anilines is 2. The Kier molecular flexibility index (Phi) is 5.87. The first-order chi connectivity index (χ1) is 18.6. The monoisotopic (exact) mass is 510 g/mol. The number of aryl methyl sites for hydroxylation is 1. The van der Waals surface area contributed by atoms with Crippen LogP contribution in [-0.4, -0.2) is 61.4 Å². The van der Waals surface area contributed by atoms with Gasteiger partial charge in [0.25, 0.3) is 0 Å². The van der Waals surface area contributed by atoms with Gasteiger partial charge >= 0.3 is 0 Å². The predicted octanol–water partition coefficient (Wildman–Crippen LogP) is 4.84. The Bertz CT molecular complexity index is 1390. The van der Waals surface area contributed by atoms with Crippen LogP contribution in [0.1, 0.15) is 62.4 Å². The maximum atomic E-state index is 5.80. The van der Waals surface area contributed by atoms with E-state index < -0.39 is 0 Å². The first-order valence-electron chi connectivity index (χ1n) is 14.3. The highest BCUT2D eigenvalue weighted by Gasteiger charge is 2.44. The summed E-state index contributed by atoms with van der Waals surface area (Å²) in [6, 6.07) is 21.7. The zero-order valence-corrected chi connectivity index (χ0v) is 22.3. The van der Waals surface area contributed by atoms with Gasteiger partial charge in [-0.3, -0.25) is 4.90 Å². The Morgan fingerprint density at radius 1 is 0.921 bits per heavy atom. The molecule has 3 saturated heterocycles. The van der Waals surface area contributed by atoms with E-state index in [0.717, 1.165) is 43.2 Å². The molecule has 0 aliphatic carbocycles. The van der Waals surface area contributed by atoms with Crippen LogP contribution in [0.5, 0.6) is 0 Å². The van der Waals surface area contributed by atoms with Gasteiger partial charge in [0.2, 0.25) is 11.9 Å². The standard InChI is InChI=1S/C30H38N8/c1-21-32-26-9-5-6-10-27(26)38(21)25-19-23-11-12-24(20-25)37(23)18-15-30(22-7-3-2-4-8-22)13-16-36(17-14-30)29-33-28(31)34-35-29/h2-10,23-25H,11-20H2,1H3,(H3,31,33,34,35)/t23-,24+,25?. The Balaban J connectivity index is 1.08. The van der Waals surface area contributed by atoms with Crippen molar-refractivity contribution in [3.8, 4) is 0 Å². The van der Waals surface area contributed by atoms with Crippen molar-refractivity contribution in [2.45, 2.75) is 75.4 Å². The van der Waals surface area contributed by atoms with Gasteiger partial charge in [0.05, 0.1) is 11.0 Å². The molecule has 3 aliphatic rings. The molecular formula is C30H38N8. The second-order valence-corrected chi connectivity index (χ2v) is 11.7. The molecule has 3 atom stereocenters. The van der Waals surface area contributed by atoms with Gasteiger partial charge in [-0.15, -0.1) is 5.10 Å². The van der Waals surface area contributed by atoms with E-state index in [0.29, 0.717) is 24.1 Å². The molecule has 3 aliphatic heterocycles. The van der Waals surface area contributed by atoms with Crippen LogP contribution in [0.3, 0.4) is 0 Å². The number of benzene rings is 2. The van der Waals surface area contributed by atoms with Crippen LogP contribution in [0.15, 0.2) is 54.6 Å². The Morgan fingerprint density at radius 3 is 2.34 bits per heavy atom. The van der Waals surface area contributed by atoms with E-state index in [9.17, 15) is 0 Å². The molecule has 8 heteroatoms. The number of nitrogen functional groups attached to an aromatic ring is 1. The molecule has 3 N–H and O–H groups in total. The number of imidazole rings is 1. The SMILES string of the molecule is Cc1nc2ccccc2n1C1C[C@H]2CC[C@@H](C1)N2CCC1(c2ccccc2)CCN(c2n[nH]c(N)n2)CC1. The Hall–Kier alpha value is -3.39. The van der Waals surface area contributed by atoms with E-state index >= 15 is 0 Å². The maximum Gasteiger partial charge on any atom is 0.246 e. The Labute approximate surface area is 224 Å². The minimum absolute atomic E-state index is 0.188. The molecule has 0 amide bonds. The van der Waals surface area contributed by atoms with E-state index in [1.165, 1.54) is 49.7 Å². The van der Waals surface area contributed by atoms with E-state index in [4.69, 9.17) is 10.7 Å². The maximum absolute atomic E-state index is 5.80. The number of hydrogen-bond acceptors (Lipinski definition) is 6. The minimum atomic E-state index is 0.188. The topological polar surface area (TPSA) is 91.9 Å². The molecule has 198 valence electrons. The van der Waals surface area contributed by atoms with Crippen molar-refractivity contribution in [3.63, 3.8) is 0 Å². The van der Waals surface area contributed by atoms with Gasteiger partial charge in [-0.2, -0.15) is 4.98 Å². The number of aromatic nitrogens is 5. The lowest BCUT2D eigenvalue weighted by Gasteiger charge is -2.45. The summed E-state index contributed by atoms with van der Waals surface area (Å²) < 4.78 is 2.54. The summed E-state index contributed by atoms with van der Waals surface area (Å²) >= 11 is 0. The second kappa shape index (κ2) is 9.42. The second-order valence-electron chi connectivity index (χ2n) is 11.7. The summed E-state index contributed by atoms with van der Waals surface area (Å²) in [5.41, 5.74) is 9.90. The fourth-order valence-corrected chi connectivity index (χ4v) is 7.81. The number of aromatic amines is 1. The van der Waals surface area contributed by atoms with Crippen molar-refractivity contribution < 1.29 is 0 Å². The van der Waals surface area contributed by atoms with Crippen molar-refractivity contribution >= 4 is 22.9 Å². The van der Waals surface area contributed by atoms with E-state index in [2.05, 4.69) is 91.1 Å². The zero-order chi connectivity index (χ0) is 25.7. The molecule has 7 rings (SSSR count). The number of hydrogen-bond donors (Lipinski definition) is 2. The third kappa shape index (κ3) is 4.06. The predicted molar refractivity (Wildman–Crippen MR) is 151 cm³/mol. The molecular weight excluding hydrogens is 472 g/mol. The molecule has 0 spiro atoms. The van der Waals surface area contributed by atoms with Crippen LogP contribution in [0, 0.1) is 6.92 Å². The normalized spacial score (nSPS) is 25.3. The highest BCUT2D eigenvalue weighted by Crippen LogP contribution is 2.45. The summed E-state index contributed by atoms with van der Waals surface area (Å²) in [6.45, 7) is 5.26. The molecule has 4 aromatic rings. The van der Waals surface area contributed by atoms with Gasteiger partial charge in [-0.05, 0) is 81.5 Å². The van der Waals surface area contributed by atoms with Crippen LogP contribution in [0.25, 0.3) is 11.0 Å². The summed E-state index contributed by atoms with van der Waals surface area (Å²) in [6.07, 6.45) is 8.53. The van der Waals surface area contributed by atoms with Crippen LogP contribution >= 0.6 is 0 Å². The average molecular weight is 511 g/mol. The molecule has 2 aromatic carbocycles. The van der Waals surface area contributed by atoms with Gasteiger partial charge in [0, 0.05) is 31.2 Å². The lowest BCUT2D eigenvalue weighted by atomic mass is 9.70. The first-order valence-corrected chi connectivity index (χ1v) is 14.3. The molecule has 1 unspecified atom stereocenters. The first kappa shape index (κ1) is 23.7. The zero-order valence-electron chi connectivity index (χ0n) is 22.3. The van der Waals surface area contributed by atoms with Gasteiger partial charge in [-0.1, -0.05) is 42.5 Å². The van der Waals surface area contributed by atoms with Gasteiger partial charge in [-0.25, -0.2) is 10.1 Å². The molecule has 0 radical (unpaired) electrons. The lowest BCUT2D eigenvalue weighted by Crippen LogP contribution is -2.48. The number of nitrogens with zero attached hydrogens (tertiary/aromatic N) is 6. The van der Waals surface area contributed by atoms with Crippen molar-refractivity contribution in [2.75, 3.05) is 30.3 Å². The van der Waals surface area contributed by atoms with Crippen molar-refractivity contribution in [2.24, 2.45) is 0 Å². The van der Waals surface area contributed by atoms with Crippen LogP contribution < -0.4 is 10.6 Å². The van der Waals surface area contributed by atoms with Crippen molar-refractivity contribution in [3.05, 3.63) is 66.0 Å². The fraction of sp³-hybridized carbons (Fsp3) is 0.500. The van der Waals surface area contributed by atoms with E-state index in [1.807, 2.05) is 0 Å². The van der Waals surface area contributed by atoms with Gasteiger partial charge in [0.15, 0.2) is 0 Å². The molecule has 2 bridgehead atoms. The molecule has 2 aromatic heterocycles. The van der Waals surface area contributed by atoms with Gasteiger partial charge < -0.3 is 15.2 Å². The van der Waals surface area contributed by atoms with Crippen molar-refractivity contribution in [1.82, 2.24) is 29.6 Å². The van der Waals surface area contributed by atoms with Crippen LogP contribution in [-0.2, 0) is 5.41 Å². The third-order valence-electron chi connectivity index (χ3n) is 9.73. The van der Waals surface area contributed by atoms with Crippen molar-refractivity contribution in [1.29, 1.82) is 0 Å². The van der Waals surface area contributed by atoms with E-state index in [-0.39, 0.29) is 5.41 Å².